The Kier molecular flexibility index (Phi) is 7.26. The third-order valence-electron chi connectivity index (χ3n) is 5.70. The summed E-state index contributed by atoms with van der Waals surface area (Å²) >= 11 is 0. The Labute approximate surface area is 148 Å². The first-order valence-corrected chi connectivity index (χ1v) is 9.43. The van der Waals surface area contributed by atoms with Gasteiger partial charge in [-0.05, 0) is 56.2 Å². The van der Waals surface area contributed by atoms with Crippen molar-refractivity contribution in [3.05, 3.63) is 60.7 Å². The first kappa shape index (κ1) is 19.0. The monoisotopic (exact) mass is 326 g/mol. The molecule has 1 aliphatic heterocycles. The number of nitrogens with one attached hydrogen (secondary N) is 2. The fraction of sp³-hybridized carbons (Fsp3) is 0.545. The average Bonchev–Trinajstić information content (AvgIpc) is 2.63. The average molecular weight is 327 g/mol. The highest BCUT2D eigenvalue weighted by Gasteiger charge is 2.34. The first-order valence-electron chi connectivity index (χ1n) is 9.43. The maximum absolute atomic E-state index is 4.17. The molecule has 2 nitrogen and oxygen atoms in total. The van der Waals surface area contributed by atoms with E-state index in [2.05, 4.69) is 61.6 Å². The van der Waals surface area contributed by atoms with E-state index in [1.54, 1.807) is 5.56 Å². The molecule has 0 spiro atoms. The molecule has 2 aliphatic rings. The summed E-state index contributed by atoms with van der Waals surface area (Å²) in [6.45, 7) is 15.8. The predicted molar refractivity (Wildman–Crippen MR) is 105 cm³/mol. The fourth-order valence-electron chi connectivity index (χ4n) is 4.28. The van der Waals surface area contributed by atoms with E-state index in [4.69, 9.17) is 0 Å². The smallest absolute Gasteiger partial charge is 0.0208 e. The highest BCUT2D eigenvalue weighted by molar-refractivity contribution is 5.37. The van der Waals surface area contributed by atoms with Gasteiger partial charge in [-0.1, -0.05) is 43.3 Å². The molecule has 2 heteroatoms. The summed E-state index contributed by atoms with van der Waals surface area (Å²) in [6.07, 6.45) is 7.45. The maximum Gasteiger partial charge on any atom is 0.0208 e. The van der Waals surface area contributed by atoms with E-state index >= 15 is 0 Å². The van der Waals surface area contributed by atoms with Crippen LogP contribution < -0.4 is 10.6 Å². The van der Waals surface area contributed by atoms with Gasteiger partial charge in [-0.25, -0.2) is 0 Å². The van der Waals surface area contributed by atoms with Gasteiger partial charge < -0.3 is 10.6 Å². The molecular weight excluding hydrogens is 292 g/mol. The van der Waals surface area contributed by atoms with Crippen molar-refractivity contribution in [2.24, 2.45) is 0 Å². The Balaban J connectivity index is 0.00000100. The van der Waals surface area contributed by atoms with Gasteiger partial charge in [-0.2, -0.15) is 0 Å². The zero-order valence-corrected chi connectivity index (χ0v) is 15.4. The molecule has 24 heavy (non-hydrogen) atoms. The molecule has 2 atom stereocenters. The molecule has 0 bridgehead atoms. The largest absolute Gasteiger partial charge is 0.314 e. The second-order valence-corrected chi connectivity index (χ2v) is 7.14. The molecule has 1 fully saturated rings. The molecule has 1 aromatic carbocycles. The lowest BCUT2D eigenvalue weighted by Gasteiger charge is -2.40. The summed E-state index contributed by atoms with van der Waals surface area (Å²) in [5, 5.41) is 7.44. The van der Waals surface area contributed by atoms with Crippen molar-refractivity contribution < 1.29 is 0 Å². The summed E-state index contributed by atoms with van der Waals surface area (Å²) < 4.78 is 0. The summed E-state index contributed by atoms with van der Waals surface area (Å²) in [7, 11) is 0. The van der Waals surface area contributed by atoms with Crippen molar-refractivity contribution in [3.63, 3.8) is 0 Å². The zero-order chi connectivity index (χ0) is 17.4. The van der Waals surface area contributed by atoms with Gasteiger partial charge in [0.1, 0.15) is 0 Å². The Hall–Kier alpha value is -1.38. The van der Waals surface area contributed by atoms with Crippen molar-refractivity contribution in [1.29, 1.82) is 0 Å². The SMILES string of the molecule is C=C.C=C1CCCC(NCCC2(CC)CNCc3ccccc32)C1. The summed E-state index contributed by atoms with van der Waals surface area (Å²) in [4.78, 5) is 0. The van der Waals surface area contributed by atoms with Crippen LogP contribution in [0.1, 0.15) is 56.6 Å². The highest BCUT2D eigenvalue weighted by atomic mass is 14.9. The van der Waals surface area contributed by atoms with Crippen LogP contribution in [0, 0.1) is 0 Å². The predicted octanol–water partition coefficient (Wildman–Crippen LogP) is 4.72. The topological polar surface area (TPSA) is 24.1 Å². The Bertz CT molecular complexity index is 537. The van der Waals surface area contributed by atoms with Crippen LogP contribution in [0.4, 0.5) is 0 Å². The summed E-state index contributed by atoms with van der Waals surface area (Å²) in [5.74, 6) is 0. The molecule has 3 rings (SSSR count). The van der Waals surface area contributed by atoms with Crippen LogP contribution in [0.2, 0.25) is 0 Å². The molecule has 1 aromatic rings. The van der Waals surface area contributed by atoms with Gasteiger partial charge in [0.25, 0.3) is 0 Å². The minimum Gasteiger partial charge on any atom is -0.314 e. The van der Waals surface area contributed by atoms with Gasteiger partial charge >= 0.3 is 0 Å². The third kappa shape index (κ3) is 4.37. The second kappa shape index (κ2) is 9.19. The van der Waals surface area contributed by atoms with Crippen molar-refractivity contribution in [3.8, 4) is 0 Å². The number of fused-ring (bicyclic) bond motifs is 1. The highest BCUT2D eigenvalue weighted by Crippen LogP contribution is 2.36. The first-order chi connectivity index (χ1) is 11.7. The van der Waals surface area contributed by atoms with Crippen molar-refractivity contribution in [1.82, 2.24) is 10.6 Å². The van der Waals surface area contributed by atoms with Gasteiger partial charge in [-0.15, -0.1) is 13.2 Å². The van der Waals surface area contributed by atoms with Gasteiger partial charge in [0.05, 0.1) is 0 Å². The second-order valence-electron chi connectivity index (χ2n) is 7.14. The van der Waals surface area contributed by atoms with Gasteiger partial charge in [0.2, 0.25) is 0 Å². The number of rotatable bonds is 5. The molecular formula is C22H34N2. The van der Waals surface area contributed by atoms with Crippen LogP contribution in [-0.4, -0.2) is 19.1 Å². The molecule has 0 amide bonds. The Morgan fingerprint density at radius 3 is 2.83 bits per heavy atom. The lowest BCUT2D eigenvalue weighted by Crippen LogP contribution is -2.45. The Morgan fingerprint density at radius 2 is 2.08 bits per heavy atom. The summed E-state index contributed by atoms with van der Waals surface area (Å²) in [5.41, 5.74) is 4.79. The van der Waals surface area contributed by atoms with E-state index in [9.17, 15) is 0 Å². The molecule has 1 saturated carbocycles. The lowest BCUT2D eigenvalue weighted by atomic mass is 9.71. The molecule has 0 radical (unpaired) electrons. The van der Waals surface area contributed by atoms with Crippen LogP contribution in [0.25, 0.3) is 0 Å². The fourth-order valence-corrected chi connectivity index (χ4v) is 4.28. The van der Waals surface area contributed by atoms with Crippen LogP contribution >= 0.6 is 0 Å². The van der Waals surface area contributed by atoms with E-state index in [0.29, 0.717) is 11.5 Å². The van der Waals surface area contributed by atoms with Crippen LogP contribution in [0.15, 0.2) is 49.6 Å². The van der Waals surface area contributed by atoms with Gasteiger partial charge in [0.15, 0.2) is 0 Å². The molecule has 0 saturated heterocycles. The van der Waals surface area contributed by atoms with E-state index in [1.165, 1.54) is 49.7 Å². The molecule has 0 aromatic heterocycles. The van der Waals surface area contributed by atoms with E-state index in [-0.39, 0.29) is 0 Å². The van der Waals surface area contributed by atoms with Crippen molar-refractivity contribution >= 4 is 0 Å². The third-order valence-corrected chi connectivity index (χ3v) is 5.70. The van der Waals surface area contributed by atoms with E-state index in [1.807, 2.05) is 0 Å². The maximum atomic E-state index is 4.17. The zero-order valence-electron chi connectivity index (χ0n) is 15.4. The minimum absolute atomic E-state index is 0.299. The van der Waals surface area contributed by atoms with E-state index < -0.39 is 0 Å². The number of benzene rings is 1. The Morgan fingerprint density at radius 1 is 1.29 bits per heavy atom. The molecule has 2 unspecified atom stereocenters. The molecule has 1 aliphatic carbocycles. The molecule has 132 valence electrons. The standard InChI is InChI=1S/C20H30N2.C2H4/c1-3-20(11-12-22-18-9-6-7-16(2)13-18)15-21-14-17-8-4-5-10-19(17)20;1-2/h4-5,8,10,18,21-22H,2-3,6-7,9,11-15H2,1H3;1-2H2. The van der Waals surface area contributed by atoms with Crippen molar-refractivity contribution in [2.75, 3.05) is 13.1 Å². The minimum atomic E-state index is 0.299. The van der Waals surface area contributed by atoms with Crippen LogP contribution in [0.3, 0.4) is 0 Å². The molecule has 2 N–H and O–H groups in total. The normalized spacial score (nSPS) is 26.2. The number of hydrogen-bond donors (Lipinski definition) is 2. The van der Waals surface area contributed by atoms with Crippen LogP contribution in [-0.2, 0) is 12.0 Å². The van der Waals surface area contributed by atoms with Crippen molar-refractivity contribution in [2.45, 2.75) is 63.5 Å². The lowest BCUT2D eigenvalue weighted by molar-refractivity contribution is 0.312. The molecule has 1 heterocycles. The van der Waals surface area contributed by atoms with Crippen LogP contribution in [0.5, 0.6) is 0 Å². The van der Waals surface area contributed by atoms with Gasteiger partial charge in [0, 0.05) is 24.5 Å². The number of hydrogen-bond acceptors (Lipinski definition) is 2. The van der Waals surface area contributed by atoms with Gasteiger partial charge in [-0.3, -0.25) is 0 Å². The quantitative estimate of drug-likeness (QED) is 0.765. The van der Waals surface area contributed by atoms with E-state index in [0.717, 1.165) is 19.6 Å². The summed E-state index contributed by atoms with van der Waals surface area (Å²) in [6, 6.07) is 9.65.